The van der Waals surface area contributed by atoms with E-state index in [1.165, 1.54) is 12.1 Å². The number of carbonyl (C=O) groups is 1. The van der Waals surface area contributed by atoms with Gasteiger partial charge in [0, 0.05) is 39.3 Å². The SMILES string of the molecule is Cc1cc(F)ccc1[C@H]1C(=O)NCCN1CCN1CCO[C@H](C)C1. The highest BCUT2D eigenvalue weighted by Crippen LogP contribution is 2.26. The molecule has 1 aromatic rings. The molecule has 0 unspecified atom stereocenters. The number of rotatable bonds is 4. The Hall–Kier alpha value is -1.50. The van der Waals surface area contributed by atoms with Crippen molar-refractivity contribution in [2.24, 2.45) is 0 Å². The summed E-state index contributed by atoms with van der Waals surface area (Å²) in [6.45, 7) is 9.79. The molecule has 2 heterocycles. The zero-order valence-corrected chi connectivity index (χ0v) is 14.4. The number of hydrogen-bond acceptors (Lipinski definition) is 4. The Bertz CT molecular complexity index is 596. The van der Waals surface area contributed by atoms with Crippen LogP contribution in [0.15, 0.2) is 18.2 Å². The highest BCUT2D eigenvalue weighted by Gasteiger charge is 2.32. The van der Waals surface area contributed by atoms with E-state index in [2.05, 4.69) is 22.0 Å². The number of morpholine rings is 1. The van der Waals surface area contributed by atoms with Gasteiger partial charge in [-0.1, -0.05) is 6.07 Å². The minimum absolute atomic E-state index is 0.00584. The van der Waals surface area contributed by atoms with Crippen LogP contribution in [0.3, 0.4) is 0 Å². The predicted octanol–water partition coefficient (Wildman–Crippen LogP) is 1.33. The second-order valence-corrected chi connectivity index (χ2v) is 6.71. The summed E-state index contributed by atoms with van der Waals surface area (Å²) in [4.78, 5) is 17.1. The van der Waals surface area contributed by atoms with Gasteiger partial charge in [-0.25, -0.2) is 4.39 Å². The minimum Gasteiger partial charge on any atom is -0.376 e. The standard InChI is InChI=1S/C18H26FN3O2/c1-13-11-15(19)3-4-16(13)17-18(23)20-5-6-22(17)8-7-21-9-10-24-14(2)12-21/h3-4,11,14,17H,5-10,12H2,1-2H3,(H,20,23)/t14-,17+/m1/s1. The molecule has 0 bridgehead atoms. The van der Waals surface area contributed by atoms with Gasteiger partial charge in [-0.05, 0) is 37.1 Å². The number of piperazine rings is 1. The maximum atomic E-state index is 13.4. The Morgan fingerprint density at radius 2 is 2.17 bits per heavy atom. The molecule has 24 heavy (non-hydrogen) atoms. The van der Waals surface area contributed by atoms with Crippen LogP contribution in [0, 0.1) is 12.7 Å². The molecule has 0 saturated carbocycles. The molecule has 0 aliphatic carbocycles. The third-order valence-electron chi connectivity index (χ3n) is 4.87. The van der Waals surface area contributed by atoms with Gasteiger partial charge in [-0.15, -0.1) is 0 Å². The first-order chi connectivity index (χ1) is 11.5. The Morgan fingerprint density at radius 3 is 2.92 bits per heavy atom. The van der Waals surface area contributed by atoms with Crippen LogP contribution in [-0.4, -0.2) is 67.7 Å². The molecule has 3 rings (SSSR count). The van der Waals surface area contributed by atoms with Crippen molar-refractivity contribution in [1.29, 1.82) is 0 Å². The van der Waals surface area contributed by atoms with Crippen LogP contribution in [0.4, 0.5) is 4.39 Å². The van der Waals surface area contributed by atoms with Crippen molar-refractivity contribution in [3.63, 3.8) is 0 Å². The molecule has 1 N–H and O–H groups in total. The topological polar surface area (TPSA) is 44.8 Å². The first-order valence-electron chi connectivity index (χ1n) is 8.66. The summed E-state index contributed by atoms with van der Waals surface area (Å²) in [5.41, 5.74) is 1.71. The highest BCUT2D eigenvalue weighted by molar-refractivity contribution is 5.84. The number of carbonyl (C=O) groups excluding carboxylic acids is 1. The van der Waals surface area contributed by atoms with E-state index >= 15 is 0 Å². The summed E-state index contributed by atoms with van der Waals surface area (Å²) < 4.78 is 19.0. The Morgan fingerprint density at radius 1 is 1.33 bits per heavy atom. The lowest BCUT2D eigenvalue weighted by Gasteiger charge is -2.38. The van der Waals surface area contributed by atoms with E-state index in [1.54, 1.807) is 6.07 Å². The van der Waals surface area contributed by atoms with Gasteiger partial charge in [0.25, 0.3) is 0 Å². The number of hydrogen-bond donors (Lipinski definition) is 1. The first-order valence-corrected chi connectivity index (χ1v) is 8.66. The average Bonchev–Trinajstić information content (AvgIpc) is 2.54. The van der Waals surface area contributed by atoms with Gasteiger partial charge in [0.1, 0.15) is 11.9 Å². The van der Waals surface area contributed by atoms with Crippen molar-refractivity contribution in [3.8, 4) is 0 Å². The molecule has 2 fully saturated rings. The second-order valence-electron chi connectivity index (χ2n) is 6.71. The fraction of sp³-hybridized carbons (Fsp3) is 0.611. The maximum absolute atomic E-state index is 13.4. The van der Waals surface area contributed by atoms with Crippen LogP contribution < -0.4 is 5.32 Å². The molecule has 132 valence electrons. The van der Waals surface area contributed by atoms with E-state index in [0.29, 0.717) is 6.54 Å². The molecule has 5 nitrogen and oxygen atoms in total. The lowest BCUT2D eigenvalue weighted by atomic mass is 9.97. The summed E-state index contributed by atoms with van der Waals surface area (Å²) in [6, 6.07) is 4.34. The number of benzene rings is 1. The van der Waals surface area contributed by atoms with E-state index in [9.17, 15) is 9.18 Å². The van der Waals surface area contributed by atoms with Crippen molar-refractivity contribution in [2.45, 2.75) is 26.0 Å². The molecular formula is C18H26FN3O2. The maximum Gasteiger partial charge on any atom is 0.242 e. The Labute approximate surface area is 142 Å². The van der Waals surface area contributed by atoms with E-state index in [4.69, 9.17) is 4.74 Å². The zero-order chi connectivity index (χ0) is 17.1. The van der Waals surface area contributed by atoms with Gasteiger partial charge in [-0.2, -0.15) is 0 Å². The van der Waals surface area contributed by atoms with Crippen molar-refractivity contribution in [2.75, 3.05) is 45.9 Å². The zero-order valence-electron chi connectivity index (χ0n) is 14.4. The summed E-state index contributed by atoms with van der Waals surface area (Å²) in [5, 5.41) is 2.94. The molecule has 6 heteroatoms. The normalized spacial score (nSPS) is 26.4. The van der Waals surface area contributed by atoms with E-state index in [0.717, 1.165) is 50.5 Å². The number of halogens is 1. The van der Waals surface area contributed by atoms with Gasteiger partial charge in [-0.3, -0.25) is 14.6 Å². The molecule has 2 aliphatic rings. The average molecular weight is 335 g/mol. The fourth-order valence-electron chi connectivity index (χ4n) is 3.60. The molecule has 2 atom stereocenters. The van der Waals surface area contributed by atoms with Crippen molar-refractivity contribution < 1.29 is 13.9 Å². The van der Waals surface area contributed by atoms with Gasteiger partial charge in [0.15, 0.2) is 0 Å². The summed E-state index contributed by atoms with van der Waals surface area (Å²) in [7, 11) is 0. The second kappa shape index (κ2) is 7.59. The van der Waals surface area contributed by atoms with E-state index in [-0.39, 0.29) is 23.9 Å². The van der Waals surface area contributed by atoms with Crippen LogP contribution in [0.25, 0.3) is 0 Å². The lowest BCUT2D eigenvalue weighted by molar-refractivity contribution is -0.129. The van der Waals surface area contributed by atoms with Gasteiger partial charge < -0.3 is 10.1 Å². The number of amides is 1. The summed E-state index contributed by atoms with van der Waals surface area (Å²) in [6.07, 6.45) is 0.263. The predicted molar refractivity (Wildman–Crippen MR) is 90.3 cm³/mol. The molecule has 1 amide bonds. The molecule has 0 spiro atoms. The van der Waals surface area contributed by atoms with Crippen molar-refractivity contribution in [1.82, 2.24) is 15.1 Å². The third-order valence-corrected chi connectivity index (χ3v) is 4.87. The Kier molecular flexibility index (Phi) is 5.48. The van der Waals surface area contributed by atoms with E-state index in [1.807, 2.05) is 6.92 Å². The molecule has 0 aromatic heterocycles. The van der Waals surface area contributed by atoms with Crippen molar-refractivity contribution in [3.05, 3.63) is 35.1 Å². The third kappa shape index (κ3) is 3.94. The van der Waals surface area contributed by atoms with Crippen LogP contribution in [0.2, 0.25) is 0 Å². The van der Waals surface area contributed by atoms with Crippen LogP contribution in [0.5, 0.6) is 0 Å². The van der Waals surface area contributed by atoms with Crippen LogP contribution in [0.1, 0.15) is 24.1 Å². The molecule has 2 saturated heterocycles. The largest absolute Gasteiger partial charge is 0.376 e. The number of nitrogens with zero attached hydrogens (tertiary/aromatic N) is 2. The number of nitrogens with one attached hydrogen (secondary N) is 1. The van der Waals surface area contributed by atoms with Crippen LogP contribution in [-0.2, 0) is 9.53 Å². The monoisotopic (exact) mass is 335 g/mol. The summed E-state index contributed by atoms with van der Waals surface area (Å²) in [5.74, 6) is -0.257. The Balaban J connectivity index is 1.71. The molecule has 0 radical (unpaired) electrons. The first kappa shape index (κ1) is 17.3. The molecule has 1 aromatic carbocycles. The summed E-state index contributed by atoms with van der Waals surface area (Å²) >= 11 is 0. The number of ether oxygens (including phenoxy) is 1. The van der Waals surface area contributed by atoms with Gasteiger partial charge in [0.2, 0.25) is 5.91 Å². The number of aryl methyl sites for hydroxylation is 1. The quantitative estimate of drug-likeness (QED) is 0.902. The molecule has 2 aliphatic heterocycles. The van der Waals surface area contributed by atoms with Crippen LogP contribution >= 0.6 is 0 Å². The van der Waals surface area contributed by atoms with Crippen molar-refractivity contribution >= 4 is 5.91 Å². The van der Waals surface area contributed by atoms with Gasteiger partial charge >= 0.3 is 0 Å². The van der Waals surface area contributed by atoms with Gasteiger partial charge in [0.05, 0.1) is 12.7 Å². The lowest BCUT2D eigenvalue weighted by Crippen LogP contribution is -2.53. The highest BCUT2D eigenvalue weighted by atomic mass is 19.1. The smallest absolute Gasteiger partial charge is 0.242 e. The van der Waals surface area contributed by atoms with E-state index < -0.39 is 0 Å². The fourth-order valence-corrected chi connectivity index (χ4v) is 3.60. The minimum atomic E-state index is -0.335. The molecular weight excluding hydrogens is 309 g/mol.